The van der Waals surface area contributed by atoms with Crippen molar-refractivity contribution in [3.8, 4) is 17.6 Å². The summed E-state index contributed by atoms with van der Waals surface area (Å²) in [6.07, 6.45) is 8.85. The Hall–Kier alpha value is -2.72. The van der Waals surface area contributed by atoms with Crippen molar-refractivity contribution in [1.29, 1.82) is 0 Å². The Morgan fingerprint density at radius 2 is 1.34 bits per heavy atom. The van der Waals surface area contributed by atoms with E-state index in [4.69, 9.17) is 4.74 Å². The maximum absolute atomic E-state index is 5.62. The minimum Gasteiger partial charge on any atom is -0.494 e. The van der Waals surface area contributed by atoms with Crippen LogP contribution >= 0.6 is 0 Å². The molecule has 150 valence electrons. The Labute approximate surface area is 176 Å². The number of ether oxygens (including phenoxy) is 1. The highest BCUT2D eigenvalue weighted by atomic mass is 16.5. The van der Waals surface area contributed by atoms with Crippen molar-refractivity contribution in [3.63, 3.8) is 0 Å². The largest absolute Gasteiger partial charge is 0.494 e. The summed E-state index contributed by atoms with van der Waals surface area (Å²) >= 11 is 0. The molecule has 0 saturated heterocycles. The summed E-state index contributed by atoms with van der Waals surface area (Å²) in [6.45, 7) is 5.13. The molecule has 0 heterocycles. The Kier molecular flexibility index (Phi) is 8.20. The number of rotatable bonds is 9. The molecule has 0 unspecified atom stereocenters. The van der Waals surface area contributed by atoms with E-state index in [9.17, 15) is 0 Å². The van der Waals surface area contributed by atoms with Gasteiger partial charge in [0.1, 0.15) is 5.75 Å². The highest BCUT2D eigenvalue weighted by molar-refractivity contribution is 5.84. The summed E-state index contributed by atoms with van der Waals surface area (Å²) in [6, 6.07) is 21.4. The van der Waals surface area contributed by atoms with Crippen LogP contribution in [0.5, 0.6) is 5.75 Å². The van der Waals surface area contributed by atoms with E-state index in [-0.39, 0.29) is 0 Å². The lowest BCUT2D eigenvalue weighted by molar-refractivity contribution is 0.317. The van der Waals surface area contributed by atoms with Crippen LogP contribution in [-0.4, -0.2) is 6.61 Å². The van der Waals surface area contributed by atoms with E-state index >= 15 is 0 Å². The lowest BCUT2D eigenvalue weighted by Crippen LogP contribution is -1.94. The molecule has 0 spiro atoms. The zero-order chi connectivity index (χ0) is 20.3. The maximum atomic E-state index is 5.62. The van der Waals surface area contributed by atoms with Gasteiger partial charge in [0.25, 0.3) is 0 Å². The van der Waals surface area contributed by atoms with Crippen LogP contribution in [0, 0.1) is 11.8 Å². The predicted molar refractivity (Wildman–Crippen MR) is 125 cm³/mol. The number of aryl methyl sites for hydroxylation is 1. The molecule has 0 N–H and O–H groups in total. The topological polar surface area (TPSA) is 9.23 Å². The first kappa shape index (κ1) is 21.0. The third-order valence-corrected chi connectivity index (χ3v) is 5.15. The quantitative estimate of drug-likeness (QED) is 0.273. The van der Waals surface area contributed by atoms with Crippen LogP contribution in [0.1, 0.15) is 69.1 Å². The molecule has 0 aromatic heterocycles. The number of hydrogen-bond acceptors (Lipinski definition) is 1. The summed E-state index contributed by atoms with van der Waals surface area (Å²) in [5.74, 6) is 7.46. The molecule has 0 bridgehead atoms. The highest BCUT2D eigenvalue weighted by Gasteiger charge is 1.99. The van der Waals surface area contributed by atoms with Crippen LogP contribution in [0.2, 0.25) is 0 Å². The van der Waals surface area contributed by atoms with Gasteiger partial charge < -0.3 is 4.74 Å². The normalized spacial score (nSPS) is 10.6. The van der Waals surface area contributed by atoms with Crippen molar-refractivity contribution < 1.29 is 4.74 Å². The summed E-state index contributed by atoms with van der Waals surface area (Å²) < 4.78 is 5.62. The minimum atomic E-state index is 0.753. The lowest BCUT2D eigenvalue weighted by Gasteiger charge is -2.05. The second-order valence-electron chi connectivity index (χ2n) is 7.68. The van der Waals surface area contributed by atoms with E-state index in [2.05, 4.69) is 62.1 Å². The molecule has 1 heteroatoms. The summed E-state index contributed by atoms with van der Waals surface area (Å²) in [5, 5.41) is 2.56. The van der Waals surface area contributed by atoms with Crippen molar-refractivity contribution in [2.75, 3.05) is 6.61 Å². The molecular weight excluding hydrogens is 352 g/mol. The summed E-state index contributed by atoms with van der Waals surface area (Å²) in [7, 11) is 0. The molecule has 3 rings (SSSR count). The van der Waals surface area contributed by atoms with Crippen LogP contribution in [0.3, 0.4) is 0 Å². The average molecular weight is 385 g/mol. The van der Waals surface area contributed by atoms with Gasteiger partial charge in [-0.2, -0.15) is 0 Å². The van der Waals surface area contributed by atoms with Gasteiger partial charge in [-0.05, 0) is 72.0 Å². The molecule has 0 radical (unpaired) electrons. The van der Waals surface area contributed by atoms with Crippen molar-refractivity contribution >= 4 is 10.8 Å². The van der Waals surface area contributed by atoms with Gasteiger partial charge in [0, 0.05) is 11.1 Å². The highest BCUT2D eigenvalue weighted by Crippen LogP contribution is 2.20. The van der Waals surface area contributed by atoms with Gasteiger partial charge in [-0.25, -0.2) is 0 Å². The minimum absolute atomic E-state index is 0.753. The monoisotopic (exact) mass is 384 g/mol. The van der Waals surface area contributed by atoms with Gasteiger partial charge in [-0.1, -0.05) is 75.6 Å². The lowest BCUT2D eigenvalue weighted by atomic mass is 10.0. The van der Waals surface area contributed by atoms with Crippen LogP contribution in [0.25, 0.3) is 10.8 Å². The van der Waals surface area contributed by atoms with Gasteiger partial charge in [0.15, 0.2) is 0 Å². The molecule has 0 aliphatic rings. The first-order valence-corrected chi connectivity index (χ1v) is 11.1. The summed E-state index contributed by atoms with van der Waals surface area (Å²) in [4.78, 5) is 0. The van der Waals surface area contributed by atoms with Crippen molar-refractivity contribution in [2.45, 2.75) is 58.8 Å². The van der Waals surface area contributed by atoms with E-state index in [1.54, 1.807) is 0 Å². The van der Waals surface area contributed by atoms with Gasteiger partial charge in [-0.15, -0.1) is 0 Å². The number of hydrogen-bond donors (Lipinski definition) is 0. The fourth-order valence-corrected chi connectivity index (χ4v) is 3.46. The zero-order valence-corrected chi connectivity index (χ0v) is 17.8. The van der Waals surface area contributed by atoms with Crippen LogP contribution in [-0.2, 0) is 6.42 Å². The Balaban J connectivity index is 1.63. The third-order valence-electron chi connectivity index (χ3n) is 5.15. The van der Waals surface area contributed by atoms with Crippen LogP contribution < -0.4 is 4.74 Å². The van der Waals surface area contributed by atoms with Crippen molar-refractivity contribution in [2.24, 2.45) is 0 Å². The molecule has 0 aliphatic heterocycles. The SMILES string of the molecule is CCCCCCCc1ccc2cc(C#Cc3ccc(OCCC)cc3)ccc2c1. The molecule has 0 amide bonds. The molecule has 29 heavy (non-hydrogen) atoms. The first-order chi connectivity index (χ1) is 14.3. The molecule has 0 atom stereocenters. The number of fused-ring (bicyclic) bond motifs is 1. The molecular formula is C28H32O. The standard InChI is InChI=1S/C28H32O/c1-3-5-6-7-8-9-24-12-16-27-22-25(13-17-26(27)21-24)11-10-23-14-18-28(19-15-23)29-20-4-2/h12-19,21-22H,3-9,20H2,1-2H3. The van der Waals surface area contributed by atoms with E-state index in [1.165, 1.54) is 54.9 Å². The maximum Gasteiger partial charge on any atom is 0.119 e. The molecule has 0 saturated carbocycles. The van der Waals surface area contributed by atoms with Gasteiger partial charge in [0.05, 0.1) is 6.61 Å². The first-order valence-electron chi connectivity index (χ1n) is 11.1. The fourth-order valence-electron chi connectivity index (χ4n) is 3.46. The predicted octanol–water partition coefficient (Wildman–Crippen LogP) is 7.54. The van der Waals surface area contributed by atoms with Crippen molar-refractivity contribution in [3.05, 3.63) is 77.4 Å². The second kappa shape index (κ2) is 11.3. The van der Waals surface area contributed by atoms with E-state index < -0.39 is 0 Å². The van der Waals surface area contributed by atoms with E-state index in [0.717, 1.165) is 29.9 Å². The van der Waals surface area contributed by atoms with Gasteiger partial charge >= 0.3 is 0 Å². The zero-order valence-electron chi connectivity index (χ0n) is 17.8. The second-order valence-corrected chi connectivity index (χ2v) is 7.68. The Morgan fingerprint density at radius 3 is 2.14 bits per heavy atom. The third kappa shape index (κ3) is 6.68. The van der Waals surface area contributed by atoms with E-state index in [1.807, 2.05) is 24.3 Å². The van der Waals surface area contributed by atoms with Crippen LogP contribution in [0.15, 0.2) is 60.7 Å². The summed E-state index contributed by atoms with van der Waals surface area (Å²) in [5.41, 5.74) is 3.50. The number of unbranched alkanes of at least 4 members (excludes halogenated alkanes) is 4. The van der Waals surface area contributed by atoms with Gasteiger partial charge in [0.2, 0.25) is 0 Å². The smallest absolute Gasteiger partial charge is 0.119 e. The molecule has 3 aromatic rings. The Bertz CT molecular complexity index is 957. The van der Waals surface area contributed by atoms with Gasteiger partial charge in [-0.3, -0.25) is 0 Å². The average Bonchev–Trinajstić information content (AvgIpc) is 2.76. The number of benzene rings is 3. The molecule has 0 aliphatic carbocycles. The van der Waals surface area contributed by atoms with Crippen LogP contribution in [0.4, 0.5) is 0 Å². The molecule has 1 nitrogen and oxygen atoms in total. The fraction of sp³-hybridized carbons (Fsp3) is 0.357. The molecule has 3 aromatic carbocycles. The van der Waals surface area contributed by atoms with Crippen molar-refractivity contribution in [1.82, 2.24) is 0 Å². The van der Waals surface area contributed by atoms with E-state index in [0.29, 0.717) is 0 Å². The Morgan fingerprint density at radius 1 is 0.655 bits per heavy atom. The molecule has 0 fully saturated rings.